The highest BCUT2D eigenvalue weighted by Gasteiger charge is 2.03. The number of hydrogen-bond donors (Lipinski definition) is 0. The molecule has 2 aromatic rings. The summed E-state index contributed by atoms with van der Waals surface area (Å²) >= 11 is 0. The Bertz CT molecular complexity index is 456. The predicted octanol–water partition coefficient (Wildman–Crippen LogP) is 1.33. The molecule has 0 aliphatic carbocycles. The number of rotatable bonds is 2. The summed E-state index contributed by atoms with van der Waals surface area (Å²) in [5.74, 6) is 2.61. The lowest BCUT2D eigenvalue weighted by Crippen LogP contribution is -1.92. The third kappa shape index (κ3) is 1.20. The van der Waals surface area contributed by atoms with Gasteiger partial charge in [-0.1, -0.05) is 12.8 Å². The Kier molecular flexibility index (Phi) is 1.82. The third-order valence-corrected chi connectivity index (χ3v) is 2.07. The van der Waals surface area contributed by atoms with Crippen LogP contribution in [0.2, 0.25) is 0 Å². The highest BCUT2D eigenvalue weighted by Crippen LogP contribution is 2.07. The fraction of sp³-hybridized carbons (Fsp3) is 0.300. The number of imidazole rings is 1. The van der Waals surface area contributed by atoms with Gasteiger partial charge in [-0.05, 0) is 6.42 Å². The third-order valence-electron chi connectivity index (χ3n) is 2.07. The summed E-state index contributed by atoms with van der Waals surface area (Å²) in [6, 6.07) is 2.07. The predicted molar refractivity (Wildman–Crippen MR) is 51.4 cm³/mol. The van der Waals surface area contributed by atoms with Crippen molar-refractivity contribution in [2.45, 2.75) is 19.9 Å². The molecule has 0 spiro atoms. The van der Waals surface area contributed by atoms with Gasteiger partial charge < -0.3 is 4.57 Å². The Morgan fingerprint density at radius 1 is 1.54 bits per heavy atom. The van der Waals surface area contributed by atoms with Crippen LogP contribution in [-0.2, 0) is 13.0 Å². The van der Waals surface area contributed by atoms with Crippen LogP contribution in [0, 0.1) is 12.3 Å². The van der Waals surface area contributed by atoms with Gasteiger partial charge in [0, 0.05) is 18.5 Å². The van der Waals surface area contributed by atoms with E-state index in [1.807, 2.05) is 21.5 Å². The molecule has 2 heterocycles. The van der Waals surface area contributed by atoms with Gasteiger partial charge in [-0.15, -0.1) is 6.42 Å². The number of aromatic nitrogens is 3. The van der Waals surface area contributed by atoms with Gasteiger partial charge >= 0.3 is 0 Å². The van der Waals surface area contributed by atoms with Crippen LogP contribution in [0.4, 0.5) is 0 Å². The molecule has 0 unspecified atom stereocenters. The SMILES string of the molecule is C#CCn1ccn2nc(CC)cc12. The first kappa shape index (κ1) is 7.93. The Balaban J connectivity index is 2.53. The van der Waals surface area contributed by atoms with Crippen molar-refractivity contribution >= 4 is 5.65 Å². The van der Waals surface area contributed by atoms with Gasteiger partial charge in [0.25, 0.3) is 0 Å². The number of nitrogens with zero attached hydrogens (tertiary/aromatic N) is 3. The second-order valence-electron chi connectivity index (χ2n) is 2.92. The van der Waals surface area contributed by atoms with Crippen molar-refractivity contribution in [3.8, 4) is 12.3 Å². The van der Waals surface area contributed by atoms with Gasteiger partial charge in [0.15, 0.2) is 0 Å². The first-order valence-corrected chi connectivity index (χ1v) is 4.32. The summed E-state index contributed by atoms with van der Waals surface area (Å²) in [6.07, 6.45) is 10.1. The molecule has 0 saturated carbocycles. The zero-order chi connectivity index (χ0) is 9.26. The molecule has 2 aromatic heterocycles. The van der Waals surface area contributed by atoms with E-state index < -0.39 is 0 Å². The summed E-state index contributed by atoms with van der Waals surface area (Å²) < 4.78 is 3.86. The van der Waals surface area contributed by atoms with E-state index in [4.69, 9.17) is 6.42 Å². The van der Waals surface area contributed by atoms with E-state index in [9.17, 15) is 0 Å². The quantitative estimate of drug-likeness (QED) is 0.628. The standard InChI is InChI=1S/C10H11N3/c1-3-5-12-6-7-13-10(12)8-9(4-2)11-13/h1,6-8H,4-5H2,2H3. The highest BCUT2D eigenvalue weighted by molar-refractivity contribution is 5.41. The van der Waals surface area contributed by atoms with Crippen molar-refractivity contribution in [2.75, 3.05) is 0 Å². The molecule has 2 rings (SSSR count). The Hall–Kier alpha value is -1.69. The van der Waals surface area contributed by atoms with E-state index in [1.54, 1.807) is 0 Å². The first-order chi connectivity index (χ1) is 6.35. The van der Waals surface area contributed by atoms with Gasteiger partial charge in [-0.3, -0.25) is 0 Å². The average molecular weight is 173 g/mol. The first-order valence-electron chi connectivity index (χ1n) is 4.32. The van der Waals surface area contributed by atoms with Crippen molar-refractivity contribution in [3.63, 3.8) is 0 Å². The van der Waals surface area contributed by atoms with E-state index >= 15 is 0 Å². The zero-order valence-corrected chi connectivity index (χ0v) is 7.57. The largest absolute Gasteiger partial charge is 0.320 e. The monoisotopic (exact) mass is 173 g/mol. The molecule has 0 radical (unpaired) electrons. The van der Waals surface area contributed by atoms with Gasteiger partial charge in [0.2, 0.25) is 0 Å². The van der Waals surface area contributed by atoms with Crippen molar-refractivity contribution < 1.29 is 0 Å². The minimum Gasteiger partial charge on any atom is -0.320 e. The minimum atomic E-state index is 0.603. The molecule has 3 heteroatoms. The lowest BCUT2D eigenvalue weighted by atomic mass is 10.3. The summed E-state index contributed by atoms with van der Waals surface area (Å²) in [7, 11) is 0. The lowest BCUT2D eigenvalue weighted by molar-refractivity contribution is 0.864. The van der Waals surface area contributed by atoms with E-state index in [1.165, 1.54) is 0 Å². The maximum Gasteiger partial charge on any atom is 0.136 e. The van der Waals surface area contributed by atoms with Crippen molar-refractivity contribution in [3.05, 3.63) is 24.2 Å². The number of aryl methyl sites for hydroxylation is 1. The second-order valence-corrected chi connectivity index (χ2v) is 2.92. The Labute approximate surface area is 77.0 Å². The normalized spacial score (nSPS) is 10.5. The van der Waals surface area contributed by atoms with Crippen LogP contribution in [0.15, 0.2) is 18.5 Å². The van der Waals surface area contributed by atoms with E-state index in [2.05, 4.69) is 24.0 Å². The molecule has 0 fully saturated rings. The molecular weight excluding hydrogens is 162 g/mol. The van der Waals surface area contributed by atoms with E-state index in [-0.39, 0.29) is 0 Å². The summed E-state index contributed by atoms with van der Waals surface area (Å²) in [5.41, 5.74) is 2.16. The van der Waals surface area contributed by atoms with Gasteiger partial charge in [-0.25, -0.2) is 4.52 Å². The van der Waals surface area contributed by atoms with Gasteiger partial charge in [-0.2, -0.15) is 5.10 Å². The van der Waals surface area contributed by atoms with Crippen LogP contribution in [0.5, 0.6) is 0 Å². The lowest BCUT2D eigenvalue weighted by Gasteiger charge is -1.93. The molecule has 3 nitrogen and oxygen atoms in total. The second kappa shape index (κ2) is 2.98. The molecule has 0 atom stereocenters. The molecule has 0 amide bonds. The van der Waals surface area contributed by atoms with Gasteiger partial charge in [0.1, 0.15) is 5.65 Å². The maximum atomic E-state index is 5.25. The Morgan fingerprint density at radius 2 is 2.38 bits per heavy atom. The van der Waals surface area contributed by atoms with Crippen molar-refractivity contribution in [1.29, 1.82) is 0 Å². The maximum absolute atomic E-state index is 5.25. The molecule has 0 saturated heterocycles. The van der Waals surface area contributed by atoms with E-state index in [0.29, 0.717) is 6.54 Å². The van der Waals surface area contributed by atoms with Crippen molar-refractivity contribution in [2.24, 2.45) is 0 Å². The van der Waals surface area contributed by atoms with Crippen LogP contribution < -0.4 is 0 Å². The van der Waals surface area contributed by atoms with Crippen LogP contribution in [0.1, 0.15) is 12.6 Å². The molecular formula is C10H11N3. The van der Waals surface area contributed by atoms with Crippen molar-refractivity contribution in [1.82, 2.24) is 14.2 Å². The zero-order valence-electron chi connectivity index (χ0n) is 7.57. The van der Waals surface area contributed by atoms with Crippen LogP contribution in [0.25, 0.3) is 5.65 Å². The molecule has 66 valence electrons. The average Bonchev–Trinajstić information content (AvgIpc) is 2.67. The molecule has 0 aliphatic rings. The molecule has 0 aromatic carbocycles. The fourth-order valence-electron chi connectivity index (χ4n) is 1.38. The highest BCUT2D eigenvalue weighted by atomic mass is 15.3. The number of terminal acetylenes is 1. The van der Waals surface area contributed by atoms with Crippen LogP contribution in [-0.4, -0.2) is 14.2 Å². The number of hydrogen-bond acceptors (Lipinski definition) is 1. The Morgan fingerprint density at radius 3 is 3.08 bits per heavy atom. The fourth-order valence-corrected chi connectivity index (χ4v) is 1.38. The van der Waals surface area contributed by atoms with Gasteiger partial charge in [0.05, 0.1) is 12.2 Å². The minimum absolute atomic E-state index is 0.603. The van der Waals surface area contributed by atoms with E-state index in [0.717, 1.165) is 17.8 Å². The number of fused-ring (bicyclic) bond motifs is 1. The molecule has 0 bridgehead atoms. The topological polar surface area (TPSA) is 22.2 Å². The molecule has 13 heavy (non-hydrogen) atoms. The van der Waals surface area contributed by atoms with Crippen LogP contribution in [0.3, 0.4) is 0 Å². The summed E-state index contributed by atoms with van der Waals surface area (Å²) in [6.45, 7) is 2.69. The summed E-state index contributed by atoms with van der Waals surface area (Å²) in [5, 5.41) is 4.36. The smallest absolute Gasteiger partial charge is 0.136 e. The molecule has 0 aliphatic heterocycles. The summed E-state index contributed by atoms with van der Waals surface area (Å²) in [4.78, 5) is 0. The molecule has 0 N–H and O–H groups in total. The van der Waals surface area contributed by atoms with Crippen LogP contribution >= 0.6 is 0 Å².